The fourth-order valence-corrected chi connectivity index (χ4v) is 2.66. The molecule has 98 valence electrons. The van der Waals surface area contributed by atoms with Gasteiger partial charge in [0.25, 0.3) is 0 Å². The lowest BCUT2D eigenvalue weighted by Gasteiger charge is -2.26. The average Bonchev–Trinajstić information content (AvgIpc) is 2.62. The van der Waals surface area contributed by atoms with Gasteiger partial charge in [-0.3, -0.25) is 0 Å². The number of nitrogens with zero attached hydrogens (tertiary/aromatic N) is 1. The number of hydrogen-bond donors (Lipinski definition) is 0. The van der Waals surface area contributed by atoms with Gasteiger partial charge in [-0.2, -0.15) is 0 Å². The standard InChI is InChI=1S/C13H27N.C2H6/c1-11(2)12-6-7-13(3,10-12)8-9-14(4)5;1-2/h11-12H,6-10H2,1-5H3;1-2H3. The Morgan fingerprint density at radius 1 is 1.25 bits per heavy atom. The molecular weight excluding hydrogens is 194 g/mol. The van der Waals surface area contributed by atoms with Crippen molar-refractivity contribution in [3.8, 4) is 0 Å². The smallest absolute Gasteiger partial charge is 0.00196 e. The molecule has 1 saturated carbocycles. The molecule has 1 rings (SSSR count). The minimum Gasteiger partial charge on any atom is -0.309 e. The van der Waals surface area contributed by atoms with Gasteiger partial charge in [0, 0.05) is 0 Å². The zero-order valence-electron chi connectivity index (χ0n) is 12.6. The molecule has 1 aliphatic rings. The third kappa shape index (κ3) is 5.34. The van der Waals surface area contributed by atoms with Crippen LogP contribution in [0.1, 0.15) is 60.3 Å². The second-order valence-electron chi connectivity index (χ2n) is 6.11. The van der Waals surface area contributed by atoms with E-state index in [9.17, 15) is 0 Å². The molecule has 0 bridgehead atoms. The summed E-state index contributed by atoms with van der Waals surface area (Å²) in [6, 6.07) is 0. The molecule has 1 heteroatoms. The molecule has 0 aliphatic heterocycles. The van der Waals surface area contributed by atoms with Gasteiger partial charge >= 0.3 is 0 Å². The van der Waals surface area contributed by atoms with E-state index in [1.807, 2.05) is 13.8 Å². The predicted molar refractivity (Wildman–Crippen MR) is 74.8 cm³/mol. The zero-order chi connectivity index (χ0) is 12.8. The highest BCUT2D eigenvalue weighted by Crippen LogP contribution is 2.46. The summed E-state index contributed by atoms with van der Waals surface area (Å²) in [6.45, 7) is 12.5. The first-order valence-electron chi connectivity index (χ1n) is 7.08. The van der Waals surface area contributed by atoms with Crippen LogP contribution in [0.25, 0.3) is 0 Å². The maximum Gasteiger partial charge on any atom is -0.00196 e. The number of rotatable bonds is 4. The summed E-state index contributed by atoms with van der Waals surface area (Å²) in [5.74, 6) is 1.87. The van der Waals surface area contributed by atoms with Gasteiger partial charge in [-0.25, -0.2) is 0 Å². The topological polar surface area (TPSA) is 3.24 Å². The minimum absolute atomic E-state index is 0.638. The van der Waals surface area contributed by atoms with E-state index >= 15 is 0 Å². The first kappa shape index (κ1) is 16.0. The van der Waals surface area contributed by atoms with Crippen LogP contribution in [-0.4, -0.2) is 25.5 Å². The van der Waals surface area contributed by atoms with Gasteiger partial charge < -0.3 is 4.90 Å². The van der Waals surface area contributed by atoms with Crippen LogP contribution in [0.3, 0.4) is 0 Å². The fraction of sp³-hybridized carbons (Fsp3) is 1.00. The van der Waals surface area contributed by atoms with Crippen LogP contribution in [0, 0.1) is 17.3 Å². The maximum absolute atomic E-state index is 2.48. The van der Waals surface area contributed by atoms with Crippen molar-refractivity contribution in [2.24, 2.45) is 17.3 Å². The first-order valence-corrected chi connectivity index (χ1v) is 7.08. The van der Waals surface area contributed by atoms with Gasteiger partial charge in [0.2, 0.25) is 0 Å². The number of hydrogen-bond acceptors (Lipinski definition) is 1. The van der Waals surface area contributed by atoms with Crippen LogP contribution >= 0.6 is 0 Å². The van der Waals surface area contributed by atoms with E-state index in [-0.39, 0.29) is 0 Å². The molecule has 0 heterocycles. The van der Waals surface area contributed by atoms with Crippen molar-refractivity contribution in [1.29, 1.82) is 0 Å². The van der Waals surface area contributed by atoms with Crippen molar-refractivity contribution in [2.45, 2.75) is 60.3 Å². The van der Waals surface area contributed by atoms with Gasteiger partial charge in [0.15, 0.2) is 0 Å². The Balaban J connectivity index is 0.00000106. The van der Waals surface area contributed by atoms with Gasteiger partial charge in [-0.1, -0.05) is 34.6 Å². The highest BCUT2D eigenvalue weighted by molar-refractivity contribution is 4.87. The largest absolute Gasteiger partial charge is 0.309 e. The zero-order valence-corrected chi connectivity index (χ0v) is 12.6. The van der Waals surface area contributed by atoms with Gasteiger partial charge in [0.1, 0.15) is 0 Å². The molecule has 0 aromatic heterocycles. The molecule has 0 spiro atoms. The summed E-state index contributed by atoms with van der Waals surface area (Å²) >= 11 is 0. The van der Waals surface area contributed by atoms with Crippen LogP contribution in [0.15, 0.2) is 0 Å². The Kier molecular flexibility index (Phi) is 7.30. The van der Waals surface area contributed by atoms with Crippen molar-refractivity contribution < 1.29 is 0 Å². The second-order valence-corrected chi connectivity index (χ2v) is 6.11. The molecular formula is C15H33N. The lowest BCUT2D eigenvalue weighted by atomic mass is 9.82. The summed E-state index contributed by atoms with van der Waals surface area (Å²) in [6.07, 6.45) is 5.74. The molecule has 0 N–H and O–H groups in total. The van der Waals surface area contributed by atoms with Gasteiger partial charge in [0.05, 0.1) is 0 Å². The molecule has 0 radical (unpaired) electrons. The van der Waals surface area contributed by atoms with E-state index in [2.05, 4.69) is 39.8 Å². The normalized spacial score (nSPS) is 29.4. The van der Waals surface area contributed by atoms with E-state index in [1.165, 1.54) is 32.2 Å². The summed E-state index contributed by atoms with van der Waals surface area (Å²) in [7, 11) is 4.36. The molecule has 0 aromatic rings. The van der Waals surface area contributed by atoms with Crippen molar-refractivity contribution in [3.05, 3.63) is 0 Å². The van der Waals surface area contributed by atoms with Gasteiger partial charge in [-0.05, 0) is 63.6 Å². The summed E-state index contributed by atoms with van der Waals surface area (Å²) in [5, 5.41) is 0. The maximum atomic E-state index is 2.48. The molecule has 0 amide bonds. The van der Waals surface area contributed by atoms with Crippen LogP contribution in [-0.2, 0) is 0 Å². The molecule has 1 fully saturated rings. The SMILES string of the molecule is CC.CC(C)C1CCC(C)(CCN(C)C)C1. The molecule has 16 heavy (non-hydrogen) atoms. The van der Waals surface area contributed by atoms with Crippen molar-refractivity contribution in [2.75, 3.05) is 20.6 Å². The summed E-state index contributed by atoms with van der Waals surface area (Å²) in [4.78, 5) is 2.31. The van der Waals surface area contributed by atoms with E-state index < -0.39 is 0 Å². The lowest BCUT2D eigenvalue weighted by molar-refractivity contribution is 0.239. The monoisotopic (exact) mass is 227 g/mol. The lowest BCUT2D eigenvalue weighted by Crippen LogP contribution is -2.22. The minimum atomic E-state index is 0.638. The van der Waals surface area contributed by atoms with Crippen LogP contribution in [0.2, 0.25) is 0 Å². The Labute approximate surface area is 104 Å². The van der Waals surface area contributed by atoms with Crippen molar-refractivity contribution >= 4 is 0 Å². The second kappa shape index (κ2) is 7.32. The molecule has 2 unspecified atom stereocenters. The quantitative estimate of drug-likeness (QED) is 0.687. The summed E-state index contributed by atoms with van der Waals surface area (Å²) < 4.78 is 0. The first-order chi connectivity index (χ1) is 7.43. The molecule has 1 nitrogen and oxygen atoms in total. The third-order valence-corrected chi connectivity index (χ3v) is 3.98. The highest BCUT2D eigenvalue weighted by atomic mass is 15.0. The molecule has 1 aliphatic carbocycles. The van der Waals surface area contributed by atoms with Crippen molar-refractivity contribution in [3.63, 3.8) is 0 Å². The van der Waals surface area contributed by atoms with E-state index in [0.717, 1.165) is 11.8 Å². The molecule has 0 saturated heterocycles. The van der Waals surface area contributed by atoms with E-state index in [0.29, 0.717) is 5.41 Å². The summed E-state index contributed by atoms with van der Waals surface area (Å²) in [5.41, 5.74) is 0.638. The average molecular weight is 227 g/mol. The third-order valence-electron chi connectivity index (χ3n) is 3.98. The van der Waals surface area contributed by atoms with E-state index in [1.54, 1.807) is 0 Å². The fourth-order valence-electron chi connectivity index (χ4n) is 2.66. The van der Waals surface area contributed by atoms with Crippen molar-refractivity contribution in [1.82, 2.24) is 4.90 Å². The van der Waals surface area contributed by atoms with Crippen LogP contribution in [0.4, 0.5) is 0 Å². The Hall–Kier alpha value is -0.0400. The molecule has 2 atom stereocenters. The van der Waals surface area contributed by atoms with Crippen LogP contribution in [0.5, 0.6) is 0 Å². The highest BCUT2D eigenvalue weighted by Gasteiger charge is 2.35. The Morgan fingerprint density at radius 2 is 1.81 bits per heavy atom. The Bertz CT molecular complexity index is 174. The van der Waals surface area contributed by atoms with Crippen LogP contribution < -0.4 is 0 Å². The van der Waals surface area contributed by atoms with Gasteiger partial charge in [-0.15, -0.1) is 0 Å². The Morgan fingerprint density at radius 3 is 2.19 bits per heavy atom. The predicted octanol–water partition coefficient (Wildman–Crippen LogP) is 4.43. The van der Waals surface area contributed by atoms with E-state index in [4.69, 9.17) is 0 Å². The molecule has 0 aromatic carbocycles.